The highest BCUT2D eigenvalue weighted by atomic mass is 35.5. The second kappa shape index (κ2) is 7.90. The first-order chi connectivity index (χ1) is 12.8. The highest BCUT2D eigenvalue weighted by Gasteiger charge is 2.35. The van der Waals surface area contributed by atoms with Crippen LogP contribution >= 0.6 is 23.2 Å². The van der Waals surface area contributed by atoms with Crippen LogP contribution in [0.2, 0.25) is 10.0 Å². The topological polar surface area (TPSA) is 64.4 Å². The number of esters is 1. The molecule has 0 N–H and O–H groups in total. The molecule has 1 amide bonds. The van der Waals surface area contributed by atoms with Gasteiger partial charge in [0.1, 0.15) is 6.04 Å². The van der Waals surface area contributed by atoms with Gasteiger partial charge >= 0.3 is 5.97 Å². The van der Waals surface area contributed by atoms with Gasteiger partial charge in [-0.25, -0.2) is 9.48 Å². The van der Waals surface area contributed by atoms with E-state index in [2.05, 4.69) is 5.10 Å². The Bertz CT molecular complexity index is 895. The molecule has 1 atom stereocenters. The van der Waals surface area contributed by atoms with Crippen molar-refractivity contribution >= 4 is 35.1 Å². The number of carbonyl (C=O) groups excluding carboxylic acids is 2. The van der Waals surface area contributed by atoms with Gasteiger partial charge in [-0.1, -0.05) is 23.2 Å². The molecular weight excluding hydrogens is 389 g/mol. The molecule has 2 aromatic rings. The molecule has 0 aliphatic carbocycles. The molecule has 1 aliphatic rings. The van der Waals surface area contributed by atoms with Crippen molar-refractivity contribution in [1.29, 1.82) is 0 Å². The number of likely N-dealkylation sites (tertiary alicyclic amines) is 1. The fourth-order valence-corrected chi connectivity index (χ4v) is 3.79. The lowest BCUT2D eigenvalue weighted by Crippen LogP contribution is -2.41. The monoisotopic (exact) mass is 409 g/mol. The average molecular weight is 410 g/mol. The van der Waals surface area contributed by atoms with Gasteiger partial charge in [-0.3, -0.25) is 4.79 Å². The molecule has 1 saturated heterocycles. The lowest BCUT2D eigenvalue weighted by atomic mass is 10.1. The fraction of sp³-hybridized carbons (Fsp3) is 0.421. The van der Waals surface area contributed by atoms with Crippen LogP contribution in [0.3, 0.4) is 0 Å². The number of rotatable bonds is 4. The number of hydrogen-bond acceptors (Lipinski definition) is 4. The molecule has 6 nitrogen and oxygen atoms in total. The molecule has 2 heterocycles. The van der Waals surface area contributed by atoms with Crippen molar-refractivity contribution in [2.45, 2.75) is 39.2 Å². The van der Waals surface area contributed by atoms with E-state index in [1.807, 2.05) is 19.9 Å². The number of aryl methyl sites for hydroxylation is 1. The van der Waals surface area contributed by atoms with E-state index in [4.69, 9.17) is 27.9 Å². The number of benzene rings is 1. The molecule has 1 aliphatic heterocycles. The maximum atomic E-state index is 12.8. The van der Waals surface area contributed by atoms with Crippen LogP contribution in [0.15, 0.2) is 18.2 Å². The molecule has 0 saturated carbocycles. The number of methoxy groups -OCH3 is 1. The molecule has 1 aromatic carbocycles. The molecule has 27 heavy (non-hydrogen) atoms. The third-order valence-corrected chi connectivity index (χ3v) is 5.70. The number of carbonyl (C=O) groups is 2. The maximum Gasteiger partial charge on any atom is 0.328 e. The Labute approximate surface area is 168 Å². The molecule has 1 unspecified atom stereocenters. The summed E-state index contributed by atoms with van der Waals surface area (Å²) in [6.07, 6.45) is 1.62. The zero-order valence-electron chi connectivity index (χ0n) is 15.5. The SMILES string of the molecule is COC(=O)C1CCCN1C(=O)Cc1c(C)nn(-c2ccc(Cl)c(Cl)c2)c1C. The Morgan fingerprint density at radius 1 is 1.26 bits per heavy atom. The second-order valence-corrected chi connectivity index (χ2v) is 7.42. The lowest BCUT2D eigenvalue weighted by molar-refractivity contribution is -0.150. The lowest BCUT2D eigenvalue weighted by Gasteiger charge is -2.22. The van der Waals surface area contributed by atoms with Crippen molar-refractivity contribution < 1.29 is 14.3 Å². The van der Waals surface area contributed by atoms with Crippen molar-refractivity contribution in [3.63, 3.8) is 0 Å². The van der Waals surface area contributed by atoms with E-state index < -0.39 is 6.04 Å². The number of ether oxygens (including phenoxy) is 1. The first-order valence-corrected chi connectivity index (χ1v) is 9.47. The molecule has 1 fully saturated rings. The van der Waals surface area contributed by atoms with E-state index in [0.29, 0.717) is 23.0 Å². The Morgan fingerprint density at radius 3 is 2.67 bits per heavy atom. The van der Waals surface area contributed by atoms with Crippen molar-refractivity contribution in [3.8, 4) is 5.69 Å². The number of hydrogen-bond donors (Lipinski definition) is 0. The van der Waals surface area contributed by atoms with Gasteiger partial charge in [0.25, 0.3) is 0 Å². The van der Waals surface area contributed by atoms with Gasteiger partial charge in [-0.05, 0) is 44.9 Å². The van der Waals surface area contributed by atoms with Crippen LogP contribution < -0.4 is 0 Å². The molecule has 144 valence electrons. The summed E-state index contributed by atoms with van der Waals surface area (Å²) in [6, 6.07) is 4.79. The van der Waals surface area contributed by atoms with Gasteiger partial charge in [0, 0.05) is 17.8 Å². The van der Waals surface area contributed by atoms with Crippen LogP contribution in [-0.2, 0) is 20.7 Å². The quantitative estimate of drug-likeness (QED) is 0.724. The highest BCUT2D eigenvalue weighted by Crippen LogP contribution is 2.27. The summed E-state index contributed by atoms with van der Waals surface area (Å²) >= 11 is 12.1. The Balaban J connectivity index is 1.85. The predicted octanol–water partition coefficient (Wildman–Crippen LogP) is 3.50. The normalized spacial score (nSPS) is 16.6. The van der Waals surface area contributed by atoms with Crippen molar-refractivity contribution in [1.82, 2.24) is 14.7 Å². The maximum absolute atomic E-state index is 12.8. The Morgan fingerprint density at radius 2 is 2.00 bits per heavy atom. The molecular formula is C19H21Cl2N3O3. The van der Waals surface area contributed by atoms with Gasteiger partial charge in [-0.15, -0.1) is 0 Å². The molecule has 0 bridgehead atoms. The van der Waals surface area contributed by atoms with Crippen LogP contribution in [0.25, 0.3) is 5.69 Å². The first kappa shape index (κ1) is 19.7. The van der Waals surface area contributed by atoms with E-state index >= 15 is 0 Å². The summed E-state index contributed by atoms with van der Waals surface area (Å²) in [5.41, 5.74) is 3.24. The van der Waals surface area contributed by atoms with E-state index in [0.717, 1.165) is 29.1 Å². The minimum Gasteiger partial charge on any atom is -0.467 e. The standard InChI is InChI=1S/C19H21Cl2N3O3/c1-11-14(10-18(25)23-8-4-5-17(23)19(26)27-3)12(2)24(22-11)13-6-7-15(20)16(21)9-13/h6-7,9,17H,4-5,8,10H2,1-3H3. The van der Waals surface area contributed by atoms with E-state index in [1.54, 1.807) is 21.7 Å². The Hall–Kier alpha value is -2.05. The van der Waals surface area contributed by atoms with E-state index in [-0.39, 0.29) is 18.3 Å². The van der Waals surface area contributed by atoms with E-state index in [1.165, 1.54) is 7.11 Å². The van der Waals surface area contributed by atoms with E-state index in [9.17, 15) is 9.59 Å². The summed E-state index contributed by atoms with van der Waals surface area (Å²) in [5, 5.41) is 5.47. The number of halogens is 2. The fourth-order valence-electron chi connectivity index (χ4n) is 3.50. The number of amides is 1. The van der Waals surface area contributed by atoms with Crippen molar-refractivity contribution in [2.75, 3.05) is 13.7 Å². The van der Waals surface area contributed by atoms with Crippen LogP contribution in [0.1, 0.15) is 29.8 Å². The predicted molar refractivity (Wildman–Crippen MR) is 104 cm³/mol. The molecule has 3 rings (SSSR count). The summed E-state index contributed by atoms with van der Waals surface area (Å²) in [5.74, 6) is -0.455. The van der Waals surface area contributed by atoms with Crippen LogP contribution in [-0.4, -0.2) is 46.3 Å². The summed E-state index contributed by atoms with van der Waals surface area (Å²) < 4.78 is 6.57. The largest absolute Gasteiger partial charge is 0.467 e. The summed E-state index contributed by atoms with van der Waals surface area (Å²) in [6.45, 7) is 4.34. The average Bonchev–Trinajstić information content (AvgIpc) is 3.24. The van der Waals surface area contributed by atoms with Crippen LogP contribution in [0.4, 0.5) is 0 Å². The van der Waals surface area contributed by atoms with Gasteiger partial charge < -0.3 is 9.64 Å². The molecule has 0 radical (unpaired) electrons. The first-order valence-electron chi connectivity index (χ1n) is 8.71. The van der Waals surface area contributed by atoms with Gasteiger partial charge in [0.15, 0.2) is 0 Å². The summed E-state index contributed by atoms with van der Waals surface area (Å²) in [7, 11) is 1.35. The molecule has 0 spiro atoms. The number of aromatic nitrogens is 2. The Kier molecular flexibility index (Phi) is 5.77. The molecule has 8 heteroatoms. The minimum absolute atomic E-state index is 0.0946. The smallest absolute Gasteiger partial charge is 0.328 e. The van der Waals surface area contributed by atoms with Crippen LogP contribution in [0.5, 0.6) is 0 Å². The van der Waals surface area contributed by atoms with Gasteiger partial charge in [-0.2, -0.15) is 5.10 Å². The van der Waals surface area contributed by atoms with Gasteiger partial charge in [0.2, 0.25) is 5.91 Å². The van der Waals surface area contributed by atoms with Crippen molar-refractivity contribution in [3.05, 3.63) is 45.2 Å². The minimum atomic E-state index is -0.492. The molecule has 1 aromatic heterocycles. The zero-order valence-corrected chi connectivity index (χ0v) is 17.0. The third kappa shape index (κ3) is 3.82. The van der Waals surface area contributed by atoms with Gasteiger partial charge in [0.05, 0.1) is 35.0 Å². The highest BCUT2D eigenvalue weighted by molar-refractivity contribution is 6.42. The second-order valence-electron chi connectivity index (χ2n) is 6.60. The van der Waals surface area contributed by atoms with Crippen LogP contribution in [0, 0.1) is 13.8 Å². The number of nitrogens with zero attached hydrogens (tertiary/aromatic N) is 3. The zero-order chi connectivity index (χ0) is 19.7. The van der Waals surface area contributed by atoms with Crippen molar-refractivity contribution in [2.24, 2.45) is 0 Å². The summed E-state index contributed by atoms with van der Waals surface area (Å²) in [4.78, 5) is 26.4. The third-order valence-electron chi connectivity index (χ3n) is 4.96.